The van der Waals surface area contributed by atoms with E-state index >= 15 is 0 Å². The lowest BCUT2D eigenvalue weighted by molar-refractivity contribution is -0.117. The van der Waals surface area contributed by atoms with E-state index in [0.29, 0.717) is 12.0 Å². The lowest BCUT2D eigenvalue weighted by atomic mass is 9.82. The van der Waals surface area contributed by atoms with E-state index in [2.05, 4.69) is 42.2 Å². The van der Waals surface area contributed by atoms with Gasteiger partial charge in [0.15, 0.2) is 0 Å². The average molecular weight is 229 g/mol. The van der Waals surface area contributed by atoms with Crippen LogP contribution >= 0.6 is 0 Å². The van der Waals surface area contributed by atoms with Crippen LogP contribution in [0.3, 0.4) is 0 Å². The number of rotatable bonds is 3. The summed E-state index contributed by atoms with van der Waals surface area (Å²) in [5.41, 5.74) is 1.43. The smallest absolute Gasteiger partial charge is 0.243 e. The minimum absolute atomic E-state index is 0.0480. The zero-order valence-electron chi connectivity index (χ0n) is 10.1. The predicted molar refractivity (Wildman–Crippen MR) is 69.8 cm³/mol. The average Bonchev–Trinajstić information content (AvgIpc) is 2.40. The molecule has 0 unspecified atom stereocenters. The van der Waals surface area contributed by atoms with Gasteiger partial charge in [0.05, 0.1) is 0 Å². The van der Waals surface area contributed by atoms with Crippen molar-refractivity contribution in [1.29, 1.82) is 0 Å². The molecule has 0 spiro atoms. The van der Waals surface area contributed by atoms with Crippen molar-refractivity contribution in [3.05, 3.63) is 48.6 Å². The number of amides is 1. The molecule has 2 rings (SSSR count). The van der Waals surface area contributed by atoms with E-state index in [4.69, 9.17) is 0 Å². The maximum Gasteiger partial charge on any atom is 0.243 e. The summed E-state index contributed by atoms with van der Waals surface area (Å²) in [6.45, 7) is 3.48. The van der Waals surface area contributed by atoms with Crippen LogP contribution in [0.2, 0.25) is 0 Å². The fourth-order valence-corrected chi connectivity index (χ4v) is 2.56. The van der Waals surface area contributed by atoms with E-state index in [9.17, 15) is 4.79 Å². The van der Waals surface area contributed by atoms with Gasteiger partial charge >= 0.3 is 0 Å². The van der Waals surface area contributed by atoms with Crippen LogP contribution in [-0.2, 0) is 4.79 Å². The summed E-state index contributed by atoms with van der Waals surface area (Å²) in [7, 11) is 0. The monoisotopic (exact) mass is 229 g/mol. The topological polar surface area (TPSA) is 29.1 Å². The Balaban J connectivity index is 1.86. The van der Waals surface area contributed by atoms with Gasteiger partial charge in [-0.1, -0.05) is 36.9 Å². The third kappa shape index (κ3) is 3.19. The molecule has 0 bridgehead atoms. The largest absolute Gasteiger partial charge is 0.350 e. The van der Waals surface area contributed by atoms with Crippen LogP contribution in [0.15, 0.2) is 43.0 Å². The molecule has 90 valence electrons. The quantitative estimate of drug-likeness (QED) is 0.793. The molecule has 2 heteroatoms. The van der Waals surface area contributed by atoms with Gasteiger partial charge in [0.25, 0.3) is 0 Å². The van der Waals surface area contributed by atoms with E-state index in [1.807, 2.05) is 0 Å². The van der Waals surface area contributed by atoms with Gasteiger partial charge in [-0.05, 0) is 43.2 Å². The summed E-state index contributed by atoms with van der Waals surface area (Å²) in [5, 5.41) is 2.98. The number of carbonyl (C=O) groups excluding carboxylic acids is 1. The molecule has 1 aliphatic rings. The summed E-state index contributed by atoms with van der Waals surface area (Å²) in [6.07, 6.45) is 5.81. The molecule has 1 fully saturated rings. The minimum atomic E-state index is -0.0480. The standard InChI is InChI=1S/C15H19NO/c1-2-15(17)16-14-10-8-13(9-11-14)12-6-4-3-5-7-12/h2-7,13-14H,1,8-11H2,(H,16,17). The molecular formula is C15H19NO. The van der Waals surface area contributed by atoms with Gasteiger partial charge in [-0.25, -0.2) is 0 Å². The number of carbonyl (C=O) groups is 1. The molecule has 0 saturated heterocycles. The van der Waals surface area contributed by atoms with Crippen molar-refractivity contribution in [2.75, 3.05) is 0 Å². The highest BCUT2D eigenvalue weighted by atomic mass is 16.1. The van der Waals surface area contributed by atoms with Crippen molar-refractivity contribution in [3.63, 3.8) is 0 Å². The van der Waals surface area contributed by atoms with Crippen molar-refractivity contribution in [3.8, 4) is 0 Å². The van der Waals surface area contributed by atoms with Gasteiger partial charge in [0.2, 0.25) is 5.91 Å². The van der Waals surface area contributed by atoms with Crippen molar-refractivity contribution in [2.24, 2.45) is 0 Å². The molecule has 1 aromatic carbocycles. The lowest BCUT2D eigenvalue weighted by Crippen LogP contribution is -2.36. The Morgan fingerprint density at radius 3 is 2.41 bits per heavy atom. The SMILES string of the molecule is C=CC(=O)NC1CCC(c2ccccc2)CC1. The molecule has 2 nitrogen and oxygen atoms in total. The second-order valence-electron chi connectivity index (χ2n) is 4.67. The lowest BCUT2D eigenvalue weighted by Gasteiger charge is -2.29. The first-order valence-electron chi connectivity index (χ1n) is 6.27. The number of benzene rings is 1. The Hall–Kier alpha value is -1.57. The summed E-state index contributed by atoms with van der Waals surface area (Å²) in [4.78, 5) is 11.2. The van der Waals surface area contributed by atoms with Crippen molar-refractivity contribution >= 4 is 5.91 Å². The number of nitrogens with one attached hydrogen (secondary N) is 1. The molecule has 0 atom stereocenters. The van der Waals surface area contributed by atoms with Gasteiger partial charge in [-0.3, -0.25) is 4.79 Å². The van der Waals surface area contributed by atoms with Gasteiger partial charge in [0, 0.05) is 6.04 Å². The van der Waals surface area contributed by atoms with Crippen LogP contribution in [0.1, 0.15) is 37.2 Å². The molecule has 0 aliphatic heterocycles. The molecule has 1 amide bonds. The van der Waals surface area contributed by atoms with E-state index in [-0.39, 0.29) is 5.91 Å². The molecule has 1 saturated carbocycles. The zero-order chi connectivity index (χ0) is 12.1. The Labute approximate surface area is 103 Å². The maximum absolute atomic E-state index is 11.2. The van der Waals surface area contributed by atoms with Gasteiger partial charge in [0.1, 0.15) is 0 Å². The van der Waals surface area contributed by atoms with E-state index in [1.165, 1.54) is 11.6 Å². The van der Waals surface area contributed by atoms with E-state index in [1.54, 1.807) is 0 Å². The maximum atomic E-state index is 11.2. The number of hydrogen-bond acceptors (Lipinski definition) is 1. The first-order valence-corrected chi connectivity index (χ1v) is 6.27. The summed E-state index contributed by atoms with van der Waals surface area (Å²) < 4.78 is 0. The summed E-state index contributed by atoms with van der Waals surface area (Å²) in [5.74, 6) is 0.612. The van der Waals surface area contributed by atoms with Crippen LogP contribution in [0, 0.1) is 0 Å². The molecule has 1 aromatic rings. The minimum Gasteiger partial charge on any atom is -0.350 e. The van der Waals surface area contributed by atoms with Gasteiger partial charge in [-0.2, -0.15) is 0 Å². The molecular weight excluding hydrogens is 210 g/mol. The second kappa shape index (κ2) is 5.67. The fraction of sp³-hybridized carbons (Fsp3) is 0.400. The fourth-order valence-electron chi connectivity index (χ4n) is 2.56. The van der Waals surface area contributed by atoms with Crippen LogP contribution in [0.25, 0.3) is 0 Å². The van der Waals surface area contributed by atoms with Gasteiger partial charge < -0.3 is 5.32 Å². The van der Waals surface area contributed by atoms with E-state index in [0.717, 1.165) is 25.7 Å². The molecule has 1 N–H and O–H groups in total. The highest BCUT2D eigenvalue weighted by molar-refractivity contribution is 5.87. The molecule has 0 heterocycles. The molecule has 0 aromatic heterocycles. The Morgan fingerprint density at radius 1 is 1.18 bits per heavy atom. The third-order valence-corrected chi connectivity index (χ3v) is 3.53. The first kappa shape index (κ1) is 11.9. The number of hydrogen-bond donors (Lipinski definition) is 1. The van der Waals surface area contributed by atoms with Crippen LogP contribution < -0.4 is 5.32 Å². The summed E-state index contributed by atoms with van der Waals surface area (Å²) in [6, 6.07) is 11.0. The first-order chi connectivity index (χ1) is 8.29. The normalized spacial score (nSPS) is 24.0. The molecule has 1 aliphatic carbocycles. The Kier molecular flexibility index (Phi) is 3.97. The zero-order valence-corrected chi connectivity index (χ0v) is 10.1. The predicted octanol–water partition coefficient (Wildman–Crippen LogP) is 3.02. The van der Waals surface area contributed by atoms with Crippen LogP contribution in [0.5, 0.6) is 0 Å². The van der Waals surface area contributed by atoms with Crippen LogP contribution in [-0.4, -0.2) is 11.9 Å². The summed E-state index contributed by atoms with van der Waals surface area (Å²) >= 11 is 0. The van der Waals surface area contributed by atoms with Crippen molar-refractivity contribution < 1.29 is 4.79 Å². The highest BCUT2D eigenvalue weighted by Gasteiger charge is 2.22. The van der Waals surface area contributed by atoms with Gasteiger partial charge in [-0.15, -0.1) is 0 Å². The van der Waals surface area contributed by atoms with E-state index < -0.39 is 0 Å². The van der Waals surface area contributed by atoms with Crippen LogP contribution in [0.4, 0.5) is 0 Å². The molecule has 17 heavy (non-hydrogen) atoms. The highest BCUT2D eigenvalue weighted by Crippen LogP contribution is 2.32. The van der Waals surface area contributed by atoms with Crippen molar-refractivity contribution in [2.45, 2.75) is 37.6 Å². The Morgan fingerprint density at radius 2 is 1.82 bits per heavy atom. The molecule has 0 radical (unpaired) electrons. The Bertz CT molecular complexity index is 377. The second-order valence-corrected chi connectivity index (χ2v) is 4.67. The third-order valence-electron chi connectivity index (χ3n) is 3.53. The van der Waals surface area contributed by atoms with Crippen molar-refractivity contribution in [1.82, 2.24) is 5.32 Å².